The average molecular weight is 287 g/mol. The van der Waals surface area contributed by atoms with Crippen LogP contribution in [-0.2, 0) is 4.79 Å². The second-order valence-electron chi connectivity index (χ2n) is 5.01. The molecule has 1 unspecified atom stereocenters. The fourth-order valence-electron chi connectivity index (χ4n) is 2.14. The number of carbonyl (C=O) groups excluding carboxylic acids is 1. The fourth-order valence-corrected chi connectivity index (χ4v) is 2.14. The van der Waals surface area contributed by atoms with Gasteiger partial charge < -0.3 is 15.8 Å². The molecule has 1 atom stereocenters. The molecule has 0 saturated carbocycles. The molecule has 0 aliphatic heterocycles. The van der Waals surface area contributed by atoms with Crippen molar-refractivity contribution < 1.29 is 9.90 Å². The number of nitrogens with one attached hydrogen (secondary N) is 2. The van der Waals surface area contributed by atoms with Crippen molar-refractivity contribution in [2.45, 2.75) is 32.7 Å². The van der Waals surface area contributed by atoms with Crippen molar-refractivity contribution in [2.75, 3.05) is 10.7 Å². The largest absolute Gasteiger partial charge is 0.508 e. The highest BCUT2D eigenvalue weighted by Gasteiger charge is 2.12. The summed E-state index contributed by atoms with van der Waals surface area (Å²) >= 11 is 0. The first-order valence-corrected chi connectivity index (χ1v) is 7.12. The van der Waals surface area contributed by atoms with Gasteiger partial charge in [0, 0.05) is 30.1 Å². The third kappa shape index (κ3) is 4.02. The monoisotopic (exact) mass is 287 g/mol. The normalized spacial score (nSPS) is 11.9. The van der Waals surface area contributed by atoms with Crippen molar-refractivity contribution in [1.29, 1.82) is 0 Å². The molecule has 2 rings (SSSR count). The number of hydrogen-bond acceptors (Lipinski definition) is 3. The van der Waals surface area contributed by atoms with Crippen LogP contribution in [0.1, 0.15) is 38.3 Å². The predicted octanol–water partition coefficient (Wildman–Crippen LogP) is 3.24. The number of benzene rings is 1. The second kappa shape index (κ2) is 6.83. The molecule has 0 aliphatic rings. The molecule has 2 aromatic rings. The van der Waals surface area contributed by atoms with Crippen LogP contribution in [0.25, 0.3) is 0 Å². The van der Waals surface area contributed by atoms with Crippen molar-refractivity contribution >= 4 is 11.6 Å². The van der Waals surface area contributed by atoms with Gasteiger partial charge in [0.15, 0.2) is 0 Å². The molecule has 0 saturated heterocycles. The van der Waals surface area contributed by atoms with Crippen LogP contribution in [0, 0.1) is 0 Å². The fraction of sp³-hybridized carbons (Fsp3) is 0.312. The third-order valence-corrected chi connectivity index (χ3v) is 3.20. The van der Waals surface area contributed by atoms with Crippen LogP contribution >= 0.6 is 0 Å². The number of phenols is 1. The van der Waals surface area contributed by atoms with Gasteiger partial charge in [0.1, 0.15) is 5.75 Å². The molecule has 1 aromatic carbocycles. The average Bonchev–Trinajstić information content (AvgIpc) is 2.94. The van der Waals surface area contributed by atoms with Crippen LogP contribution in [0.5, 0.6) is 5.75 Å². The van der Waals surface area contributed by atoms with Gasteiger partial charge in [0.2, 0.25) is 5.91 Å². The van der Waals surface area contributed by atoms with Crippen LogP contribution in [0.2, 0.25) is 0 Å². The van der Waals surface area contributed by atoms with Crippen molar-refractivity contribution in [3.05, 3.63) is 48.3 Å². The quantitative estimate of drug-likeness (QED) is 0.715. The van der Waals surface area contributed by atoms with E-state index in [4.69, 9.17) is 0 Å². The van der Waals surface area contributed by atoms with E-state index in [0.29, 0.717) is 12.1 Å². The molecule has 1 aromatic heterocycles. The van der Waals surface area contributed by atoms with Gasteiger partial charge in [-0.25, -0.2) is 0 Å². The van der Waals surface area contributed by atoms with Crippen molar-refractivity contribution in [3.8, 4) is 5.75 Å². The molecule has 0 fully saturated rings. The molecule has 5 nitrogen and oxygen atoms in total. The summed E-state index contributed by atoms with van der Waals surface area (Å²) in [5.74, 6) is 0.191. The maximum Gasteiger partial charge on any atom is 0.224 e. The molecule has 1 amide bonds. The molecule has 0 radical (unpaired) electrons. The SMILES string of the molecule is CCCC(=O)Nc1ccc(O)c(C(C)Nn2cccc2)c1. The lowest BCUT2D eigenvalue weighted by Crippen LogP contribution is -2.17. The van der Waals surface area contributed by atoms with Gasteiger partial charge in [-0.3, -0.25) is 9.47 Å². The number of aromatic nitrogens is 1. The standard InChI is InChI=1S/C16H21N3O2/c1-3-6-16(21)17-13-7-8-15(20)14(11-13)12(2)18-19-9-4-5-10-19/h4-5,7-12,18,20H,3,6H2,1-2H3,(H,17,21). The van der Waals surface area contributed by atoms with Gasteiger partial charge in [0.05, 0.1) is 6.04 Å². The molecular formula is C16H21N3O2. The molecule has 0 aliphatic carbocycles. The second-order valence-corrected chi connectivity index (χ2v) is 5.01. The first-order valence-electron chi connectivity index (χ1n) is 7.12. The van der Waals surface area contributed by atoms with Crippen LogP contribution < -0.4 is 10.7 Å². The summed E-state index contributed by atoms with van der Waals surface area (Å²) in [6.07, 6.45) is 5.08. The van der Waals surface area contributed by atoms with E-state index in [1.54, 1.807) is 18.2 Å². The molecule has 112 valence electrons. The highest BCUT2D eigenvalue weighted by molar-refractivity contribution is 5.90. The molecule has 5 heteroatoms. The van der Waals surface area contributed by atoms with E-state index in [-0.39, 0.29) is 17.7 Å². The van der Waals surface area contributed by atoms with Crippen LogP contribution in [0.4, 0.5) is 5.69 Å². The number of aromatic hydroxyl groups is 1. The van der Waals surface area contributed by atoms with E-state index in [1.807, 2.05) is 43.0 Å². The Morgan fingerprint density at radius 3 is 2.71 bits per heavy atom. The Labute approximate surface area is 124 Å². The van der Waals surface area contributed by atoms with Gasteiger partial charge in [-0.2, -0.15) is 0 Å². The zero-order valence-corrected chi connectivity index (χ0v) is 12.3. The number of amides is 1. The lowest BCUT2D eigenvalue weighted by atomic mass is 10.1. The zero-order chi connectivity index (χ0) is 15.2. The van der Waals surface area contributed by atoms with Gasteiger partial charge in [0.25, 0.3) is 0 Å². The number of carbonyl (C=O) groups is 1. The minimum absolute atomic E-state index is 0.0137. The van der Waals surface area contributed by atoms with E-state index < -0.39 is 0 Å². The van der Waals surface area contributed by atoms with E-state index in [2.05, 4.69) is 10.7 Å². The zero-order valence-electron chi connectivity index (χ0n) is 12.3. The molecule has 0 bridgehead atoms. The van der Waals surface area contributed by atoms with Crippen LogP contribution in [-0.4, -0.2) is 15.7 Å². The van der Waals surface area contributed by atoms with Gasteiger partial charge in [-0.15, -0.1) is 0 Å². The number of phenolic OH excluding ortho intramolecular Hbond substituents is 1. The van der Waals surface area contributed by atoms with Crippen LogP contribution in [0.3, 0.4) is 0 Å². The Bertz CT molecular complexity index is 594. The molecule has 1 heterocycles. The van der Waals surface area contributed by atoms with E-state index in [1.165, 1.54) is 0 Å². The maximum atomic E-state index is 11.6. The summed E-state index contributed by atoms with van der Waals surface area (Å²) in [7, 11) is 0. The van der Waals surface area contributed by atoms with Gasteiger partial charge in [-0.1, -0.05) is 6.92 Å². The Kier molecular flexibility index (Phi) is 4.87. The van der Waals surface area contributed by atoms with Crippen molar-refractivity contribution in [1.82, 2.24) is 4.68 Å². The summed E-state index contributed by atoms with van der Waals surface area (Å²) in [5.41, 5.74) is 4.66. The summed E-state index contributed by atoms with van der Waals surface area (Å²) in [6, 6.07) is 8.84. The van der Waals surface area contributed by atoms with E-state index in [0.717, 1.165) is 12.0 Å². The Hall–Kier alpha value is -2.43. The Morgan fingerprint density at radius 2 is 2.05 bits per heavy atom. The van der Waals surface area contributed by atoms with E-state index >= 15 is 0 Å². The first kappa shape index (κ1) is 15.0. The smallest absolute Gasteiger partial charge is 0.224 e. The summed E-state index contributed by atoms with van der Waals surface area (Å²) < 4.78 is 1.83. The highest BCUT2D eigenvalue weighted by atomic mass is 16.3. The highest BCUT2D eigenvalue weighted by Crippen LogP contribution is 2.28. The number of rotatable bonds is 6. The molecule has 0 spiro atoms. The molecule has 3 N–H and O–H groups in total. The topological polar surface area (TPSA) is 66.3 Å². The lowest BCUT2D eigenvalue weighted by Gasteiger charge is -2.18. The maximum absolute atomic E-state index is 11.6. The summed E-state index contributed by atoms with van der Waals surface area (Å²) in [4.78, 5) is 11.6. The minimum Gasteiger partial charge on any atom is -0.508 e. The minimum atomic E-state index is -0.0968. The van der Waals surface area contributed by atoms with Crippen LogP contribution in [0.15, 0.2) is 42.7 Å². The van der Waals surface area contributed by atoms with Gasteiger partial charge >= 0.3 is 0 Å². The van der Waals surface area contributed by atoms with Gasteiger partial charge in [-0.05, 0) is 43.7 Å². The van der Waals surface area contributed by atoms with Crippen molar-refractivity contribution in [3.63, 3.8) is 0 Å². The number of hydrogen-bond donors (Lipinski definition) is 3. The number of anilines is 1. The summed E-state index contributed by atoms with van der Waals surface area (Å²) in [6.45, 7) is 3.91. The third-order valence-electron chi connectivity index (χ3n) is 3.20. The first-order chi connectivity index (χ1) is 10.1. The predicted molar refractivity (Wildman–Crippen MR) is 83.9 cm³/mol. The summed E-state index contributed by atoms with van der Waals surface area (Å²) in [5, 5.41) is 12.8. The molecule has 21 heavy (non-hydrogen) atoms. The Balaban J connectivity index is 2.12. The lowest BCUT2D eigenvalue weighted by molar-refractivity contribution is -0.116. The van der Waals surface area contributed by atoms with E-state index in [9.17, 15) is 9.90 Å². The van der Waals surface area contributed by atoms with Crippen molar-refractivity contribution in [2.24, 2.45) is 0 Å². The molecular weight excluding hydrogens is 266 g/mol. The number of nitrogens with zero attached hydrogens (tertiary/aromatic N) is 1. The Morgan fingerprint density at radius 1 is 1.33 bits per heavy atom.